The Balaban J connectivity index is 2.20. The quantitative estimate of drug-likeness (QED) is 0.550. The molecule has 2 aliphatic rings. The van der Waals surface area contributed by atoms with Gasteiger partial charge in [0.05, 0.1) is 13.0 Å². The lowest BCUT2D eigenvalue weighted by atomic mass is 9.60. The number of ether oxygens (including phenoxy) is 1. The molecule has 1 unspecified atom stereocenters. The average Bonchev–Trinajstić information content (AvgIpc) is 2.37. The van der Waals surface area contributed by atoms with E-state index in [-0.39, 0.29) is 11.9 Å². The molecule has 0 aromatic carbocycles. The minimum absolute atomic E-state index is 0.0371. The van der Waals surface area contributed by atoms with Gasteiger partial charge in [-0.1, -0.05) is 31.9 Å². The van der Waals surface area contributed by atoms with Crippen molar-refractivity contribution in [1.82, 2.24) is 0 Å². The molecule has 0 aromatic rings. The van der Waals surface area contributed by atoms with E-state index in [0.29, 0.717) is 11.8 Å². The second-order valence-corrected chi connectivity index (χ2v) is 6.32. The molecule has 0 bridgehead atoms. The minimum atomic E-state index is -0.0371. The Labute approximate surface area is 111 Å². The molecule has 1 fully saturated rings. The van der Waals surface area contributed by atoms with Gasteiger partial charge in [-0.3, -0.25) is 4.79 Å². The van der Waals surface area contributed by atoms with Gasteiger partial charge in [0, 0.05) is 0 Å². The largest absolute Gasteiger partial charge is 0.469 e. The van der Waals surface area contributed by atoms with Crippen LogP contribution in [0.1, 0.15) is 46.5 Å². The zero-order valence-electron chi connectivity index (χ0n) is 12.1. The van der Waals surface area contributed by atoms with Crippen LogP contribution in [0.15, 0.2) is 11.6 Å². The van der Waals surface area contributed by atoms with Gasteiger partial charge in [0.1, 0.15) is 0 Å². The highest BCUT2D eigenvalue weighted by molar-refractivity contribution is 5.72. The normalized spacial score (nSPS) is 37.4. The fraction of sp³-hybridized carbons (Fsp3) is 0.812. The van der Waals surface area contributed by atoms with Crippen molar-refractivity contribution in [2.45, 2.75) is 46.5 Å². The molecule has 1 saturated carbocycles. The van der Waals surface area contributed by atoms with Gasteiger partial charge >= 0.3 is 5.97 Å². The highest BCUT2D eigenvalue weighted by Gasteiger charge is 2.41. The molecule has 0 aliphatic heterocycles. The molecular weight excluding hydrogens is 224 g/mol. The Hall–Kier alpha value is -0.790. The van der Waals surface area contributed by atoms with E-state index < -0.39 is 0 Å². The van der Waals surface area contributed by atoms with Crippen molar-refractivity contribution < 1.29 is 9.53 Å². The average molecular weight is 250 g/mol. The second kappa shape index (κ2) is 5.46. The molecule has 102 valence electrons. The van der Waals surface area contributed by atoms with Crippen LogP contribution in [0.5, 0.6) is 0 Å². The van der Waals surface area contributed by atoms with E-state index >= 15 is 0 Å². The van der Waals surface area contributed by atoms with E-state index in [1.807, 2.05) is 6.92 Å². The first-order chi connectivity index (χ1) is 8.54. The summed E-state index contributed by atoms with van der Waals surface area (Å²) in [6.45, 7) is 6.65. The Morgan fingerprint density at radius 2 is 2.11 bits per heavy atom. The van der Waals surface area contributed by atoms with Gasteiger partial charge in [0.15, 0.2) is 0 Å². The molecule has 0 radical (unpaired) electrons. The third-order valence-corrected chi connectivity index (χ3v) is 5.24. The molecule has 0 spiro atoms. The monoisotopic (exact) mass is 250 g/mol. The standard InChI is InChI=1S/C16H26O2/c1-10-5-7-13-11(2)6-8-14(15(13)9-10)12(3)16(17)18-4/h9,11-15H,5-8H2,1-4H3/t11-,12?,13+,14+,15+/m1/s1. The predicted molar refractivity (Wildman–Crippen MR) is 73.0 cm³/mol. The fourth-order valence-corrected chi connectivity index (χ4v) is 4.03. The van der Waals surface area contributed by atoms with Crippen LogP contribution in [0.3, 0.4) is 0 Å². The zero-order chi connectivity index (χ0) is 13.3. The summed E-state index contributed by atoms with van der Waals surface area (Å²) in [5, 5.41) is 0. The van der Waals surface area contributed by atoms with Gasteiger partial charge in [-0.25, -0.2) is 0 Å². The molecular formula is C16H26O2. The SMILES string of the molecule is COC(=O)C(C)[C@@H]1CC[C@@H](C)[C@@H]2CCC(C)=C[C@@H]21. The summed E-state index contributed by atoms with van der Waals surface area (Å²) in [6.07, 6.45) is 7.43. The molecule has 2 nitrogen and oxygen atoms in total. The number of fused-ring (bicyclic) bond motifs is 1. The number of esters is 1. The maximum Gasteiger partial charge on any atom is 0.308 e. The summed E-state index contributed by atoms with van der Waals surface area (Å²) in [5.74, 6) is 2.66. The van der Waals surface area contributed by atoms with Crippen molar-refractivity contribution in [3.63, 3.8) is 0 Å². The van der Waals surface area contributed by atoms with E-state index in [4.69, 9.17) is 4.74 Å². The van der Waals surface area contributed by atoms with Crippen LogP contribution >= 0.6 is 0 Å². The lowest BCUT2D eigenvalue weighted by Crippen LogP contribution is -2.39. The van der Waals surface area contributed by atoms with Crippen LogP contribution in [0.4, 0.5) is 0 Å². The van der Waals surface area contributed by atoms with E-state index in [9.17, 15) is 4.79 Å². The molecule has 0 N–H and O–H groups in total. The Bertz CT molecular complexity index is 345. The lowest BCUT2D eigenvalue weighted by Gasteiger charge is -2.45. The van der Waals surface area contributed by atoms with Gasteiger partial charge in [-0.2, -0.15) is 0 Å². The summed E-state index contributed by atoms with van der Waals surface area (Å²) < 4.78 is 4.94. The maximum atomic E-state index is 11.8. The third kappa shape index (κ3) is 2.48. The zero-order valence-corrected chi connectivity index (χ0v) is 12.1. The Kier molecular flexibility index (Phi) is 4.14. The van der Waals surface area contributed by atoms with Crippen molar-refractivity contribution in [2.24, 2.45) is 29.6 Å². The predicted octanol–water partition coefficient (Wildman–Crippen LogP) is 3.81. The van der Waals surface area contributed by atoms with E-state index in [1.165, 1.54) is 38.4 Å². The molecule has 0 saturated heterocycles. The topological polar surface area (TPSA) is 26.3 Å². The van der Waals surface area contributed by atoms with Gasteiger partial charge in [0.2, 0.25) is 0 Å². The third-order valence-electron chi connectivity index (χ3n) is 5.24. The van der Waals surface area contributed by atoms with E-state index in [0.717, 1.165) is 11.8 Å². The van der Waals surface area contributed by atoms with Crippen molar-refractivity contribution in [3.05, 3.63) is 11.6 Å². The van der Waals surface area contributed by atoms with Crippen molar-refractivity contribution in [1.29, 1.82) is 0 Å². The smallest absolute Gasteiger partial charge is 0.308 e. The first-order valence-electron chi connectivity index (χ1n) is 7.29. The van der Waals surface area contributed by atoms with Crippen LogP contribution in [-0.4, -0.2) is 13.1 Å². The second-order valence-electron chi connectivity index (χ2n) is 6.32. The highest BCUT2D eigenvalue weighted by Crippen LogP contribution is 2.48. The molecule has 5 atom stereocenters. The van der Waals surface area contributed by atoms with Crippen LogP contribution in [0.2, 0.25) is 0 Å². The molecule has 0 heterocycles. The number of carbonyl (C=O) groups is 1. The van der Waals surface area contributed by atoms with Gasteiger partial charge < -0.3 is 4.74 Å². The first kappa shape index (κ1) is 13.6. The van der Waals surface area contributed by atoms with Crippen LogP contribution in [-0.2, 0) is 9.53 Å². The van der Waals surface area contributed by atoms with Gasteiger partial charge in [-0.05, 0) is 49.9 Å². The van der Waals surface area contributed by atoms with Crippen LogP contribution in [0.25, 0.3) is 0 Å². The summed E-state index contributed by atoms with van der Waals surface area (Å²) in [7, 11) is 1.50. The van der Waals surface area contributed by atoms with Gasteiger partial charge in [0.25, 0.3) is 0 Å². The van der Waals surface area contributed by atoms with Crippen molar-refractivity contribution in [3.8, 4) is 0 Å². The molecule has 0 aromatic heterocycles. The number of carbonyl (C=O) groups excluding carboxylic acids is 1. The van der Waals surface area contributed by atoms with Crippen LogP contribution < -0.4 is 0 Å². The van der Waals surface area contributed by atoms with E-state index in [2.05, 4.69) is 19.9 Å². The summed E-state index contributed by atoms with van der Waals surface area (Å²) in [5.41, 5.74) is 1.51. The highest BCUT2D eigenvalue weighted by atomic mass is 16.5. The molecule has 2 aliphatic carbocycles. The fourth-order valence-electron chi connectivity index (χ4n) is 4.03. The van der Waals surface area contributed by atoms with Gasteiger partial charge in [-0.15, -0.1) is 0 Å². The Morgan fingerprint density at radius 3 is 2.78 bits per heavy atom. The number of hydrogen-bond acceptors (Lipinski definition) is 2. The minimum Gasteiger partial charge on any atom is -0.469 e. The van der Waals surface area contributed by atoms with Crippen molar-refractivity contribution >= 4 is 5.97 Å². The van der Waals surface area contributed by atoms with Crippen LogP contribution in [0, 0.1) is 29.6 Å². The molecule has 2 heteroatoms. The number of allylic oxidation sites excluding steroid dienone is 2. The summed E-state index contributed by atoms with van der Waals surface area (Å²) >= 11 is 0. The Morgan fingerprint density at radius 1 is 1.39 bits per heavy atom. The maximum absolute atomic E-state index is 11.8. The summed E-state index contributed by atoms with van der Waals surface area (Å²) in [6, 6.07) is 0. The lowest BCUT2D eigenvalue weighted by molar-refractivity contribution is -0.148. The molecule has 0 amide bonds. The summed E-state index contributed by atoms with van der Waals surface area (Å²) in [4.78, 5) is 11.8. The first-order valence-corrected chi connectivity index (χ1v) is 7.29. The number of hydrogen-bond donors (Lipinski definition) is 0. The number of methoxy groups -OCH3 is 1. The molecule has 18 heavy (non-hydrogen) atoms. The number of rotatable bonds is 2. The van der Waals surface area contributed by atoms with Crippen molar-refractivity contribution in [2.75, 3.05) is 7.11 Å². The molecule has 2 rings (SSSR count). The van der Waals surface area contributed by atoms with E-state index in [1.54, 1.807) is 0 Å².